The summed E-state index contributed by atoms with van der Waals surface area (Å²) < 4.78 is 5.87. The number of nitrogens with zero attached hydrogens (tertiary/aromatic N) is 1. The molecule has 5 nitrogen and oxygen atoms in total. The molecular formula is C15H15BrN2O3S. The second-order valence-corrected chi connectivity index (χ2v) is 6.96. The number of rotatable bonds is 4. The highest BCUT2D eigenvalue weighted by Crippen LogP contribution is 2.34. The van der Waals surface area contributed by atoms with Gasteiger partial charge in [0, 0.05) is 22.1 Å². The average molecular weight is 383 g/mol. The normalized spacial score (nSPS) is 17.7. The van der Waals surface area contributed by atoms with E-state index in [0.717, 1.165) is 17.3 Å². The fourth-order valence-corrected chi connectivity index (χ4v) is 3.83. The van der Waals surface area contributed by atoms with Crippen molar-refractivity contribution in [1.82, 2.24) is 9.88 Å². The first-order valence-corrected chi connectivity index (χ1v) is 8.66. The van der Waals surface area contributed by atoms with E-state index in [1.807, 2.05) is 22.4 Å². The van der Waals surface area contributed by atoms with Gasteiger partial charge in [0.15, 0.2) is 6.61 Å². The summed E-state index contributed by atoms with van der Waals surface area (Å²) in [5.74, 6) is -0.666. The van der Waals surface area contributed by atoms with E-state index >= 15 is 0 Å². The van der Waals surface area contributed by atoms with E-state index in [2.05, 4.69) is 20.9 Å². The number of likely N-dealkylation sites (tertiary alicyclic amines) is 1. The van der Waals surface area contributed by atoms with Gasteiger partial charge in [0.05, 0.1) is 6.04 Å². The van der Waals surface area contributed by atoms with Gasteiger partial charge in [-0.25, -0.2) is 4.79 Å². The van der Waals surface area contributed by atoms with Crippen LogP contribution in [0, 0.1) is 0 Å². The van der Waals surface area contributed by atoms with Crippen molar-refractivity contribution in [3.05, 3.63) is 44.8 Å². The highest BCUT2D eigenvalue weighted by atomic mass is 79.9. The molecular weight excluding hydrogens is 368 g/mol. The lowest BCUT2D eigenvalue weighted by molar-refractivity contribution is -0.135. The van der Waals surface area contributed by atoms with Gasteiger partial charge in [-0.1, -0.05) is 6.07 Å². The summed E-state index contributed by atoms with van der Waals surface area (Å²) in [5.41, 5.74) is 0.330. The van der Waals surface area contributed by atoms with Gasteiger partial charge in [-0.2, -0.15) is 0 Å². The van der Waals surface area contributed by atoms with Crippen LogP contribution < -0.4 is 0 Å². The van der Waals surface area contributed by atoms with Crippen LogP contribution in [-0.4, -0.2) is 34.9 Å². The van der Waals surface area contributed by atoms with Crippen LogP contribution in [-0.2, 0) is 9.53 Å². The maximum absolute atomic E-state index is 12.3. The number of H-pyrrole nitrogens is 1. The predicted octanol–water partition coefficient (Wildman–Crippen LogP) is 3.36. The van der Waals surface area contributed by atoms with Crippen LogP contribution in [0.15, 0.2) is 34.2 Å². The molecule has 0 aliphatic carbocycles. The number of amides is 1. The first-order chi connectivity index (χ1) is 10.6. The summed E-state index contributed by atoms with van der Waals surface area (Å²) in [7, 11) is 0. The Kier molecular flexibility index (Phi) is 4.63. The van der Waals surface area contributed by atoms with E-state index in [1.54, 1.807) is 23.6 Å². The number of nitrogens with one attached hydrogen (secondary N) is 1. The first kappa shape index (κ1) is 15.3. The highest BCUT2D eigenvalue weighted by Gasteiger charge is 2.31. The lowest BCUT2D eigenvalue weighted by Crippen LogP contribution is -2.34. The van der Waals surface area contributed by atoms with E-state index in [-0.39, 0.29) is 18.6 Å². The van der Waals surface area contributed by atoms with E-state index in [9.17, 15) is 9.59 Å². The molecule has 22 heavy (non-hydrogen) atoms. The minimum atomic E-state index is -0.522. The molecule has 0 radical (unpaired) electrons. The van der Waals surface area contributed by atoms with Gasteiger partial charge >= 0.3 is 5.97 Å². The molecule has 3 rings (SSSR count). The maximum atomic E-state index is 12.3. The molecule has 1 unspecified atom stereocenters. The Bertz CT molecular complexity index is 668. The maximum Gasteiger partial charge on any atom is 0.355 e. The van der Waals surface area contributed by atoms with Gasteiger partial charge in [-0.05, 0) is 46.3 Å². The summed E-state index contributed by atoms with van der Waals surface area (Å²) in [5, 5.41) is 2.01. The Hall–Kier alpha value is -1.60. The molecule has 1 atom stereocenters. The van der Waals surface area contributed by atoms with E-state index in [1.165, 1.54) is 4.88 Å². The quantitative estimate of drug-likeness (QED) is 0.824. The standard InChI is InChI=1S/C15H15BrN2O3S/c16-10-7-11(17-8-10)15(20)21-9-14(19)18-5-1-3-12(18)13-4-2-6-22-13/h2,4,6-8,12,17H,1,3,5,9H2. The molecule has 0 saturated carbocycles. The summed E-state index contributed by atoms with van der Waals surface area (Å²) in [6.07, 6.45) is 3.58. The van der Waals surface area contributed by atoms with E-state index in [4.69, 9.17) is 4.74 Å². The third-order valence-electron chi connectivity index (χ3n) is 3.64. The summed E-state index contributed by atoms with van der Waals surface area (Å²) in [4.78, 5) is 30.0. The number of esters is 1. The molecule has 1 fully saturated rings. The third-order valence-corrected chi connectivity index (χ3v) is 5.07. The number of hydrogen-bond acceptors (Lipinski definition) is 4. The molecule has 0 spiro atoms. The molecule has 1 saturated heterocycles. The molecule has 1 N–H and O–H groups in total. The molecule has 2 aromatic heterocycles. The predicted molar refractivity (Wildman–Crippen MR) is 86.8 cm³/mol. The number of thiophene rings is 1. The zero-order valence-electron chi connectivity index (χ0n) is 11.8. The second-order valence-electron chi connectivity index (χ2n) is 5.07. The fraction of sp³-hybridized carbons (Fsp3) is 0.333. The average Bonchev–Trinajstić information content (AvgIpc) is 3.23. The van der Waals surface area contributed by atoms with Crippen LogP contribution in [0.25, 0.3) is 0 Å². The van der Waals surface area contributed by atoms with Crippen LogP contribution in [0.3, 0.4) is 0 Å². The molecule has 1 aliphatic heterocycles. The van der Waals surface area contributed by atoms with Gasteiger partial charge in [0.25, 0.3) is 5.91 Å². The Morgan fingerprint density at radius 3 is 3.05 bits per heavy atom. The van der Waals surface area contributed by atoms with Crippen molar-refractivity contribution < 1.29 is 14.3 Å². The number of halogens is 1. The molecule has 0 bridgehead atoms. The molecule has 2 aromatic rings. The van der Waals surface area contributed by atoms with Gasteiger partial charge < -0.3 is 14.6 Å². The lowest BCUT2D eigenvalue weighted by Gasteiger charge is -2.23. The van der Waals surface area contributed by atoms with Crippen LogP contribution in [0.4, 0.5) is 0 Å². The van der Waals surface area contributed by atoms with Gasteiger partial charge in [0.2, 0.25) is 0 Å². The first-order valence-electron chi connectivity index (χ1n) is 6.99. The zero-order chi connectivity index (χ0) is 15.5. The van der Waals surface area contributed by atoms with Gasteiger partial charge in [-0.15, -0.1) is 11.3 Å². The van der Waals surface area contributed by atoms with Gasteiger partial charge in [-0.3, -0.25) is 4.79 Å². The smallest absolute Gasteiger partial charge is 0.355 e. The van der Waals surface area contributed by atoms with Crippen molar-refractivity contribution in [1.29, 1.82) is 0 Å². The van der Waals surface area contributed by atoms with Crippen molar-refractivity contribution >= 4 is 39.1 Å². The summed E-state index contributed by atoms with van der Waals surface area (Å²) in [6.45, 7) is 0.490. The molecule has 1 amide bonds. The van der Waals surface area contributed by atoms with Crippen molar-refractivity contribution in [2.45, 2.75) is 18.9 Å². The summed E-state index contributed by atoms with van der Waals surface area (Å²) in [6, 6.07) is 5.77. The molecule has 7 heteroatoms. The second kappa shape index (κ2) is 6.66. The molecule has 0 aromatic carbocycles. The minimum absolute atomic E-state index is 0.117. The molecule has 116 valence electrons. The minimum Gasteiger partial charge on any atom is -0.451 e. The SMILES string of the molecule is O=C(OCC(=O)N1CCCC1c1cccs1)c1cc(Br)c[nH]1. The molecule has 1 aliphatic rings. The van der Waals surface area contributed by atoms with E-state index in [0.29, 0.717) is 12.2 Å². The number of carbonyl (C=O) groups is 2. The third kappa shape index (κ3) is 3.25. The number of hydrogen-bond donors (Lipinski definition) is 1. The number of aromatic nitrogens is 1. The van der Waals surface area contributed by atoms with Crippen LogP contribution in [0.1, 0.15) is 34.2 Å². The van der Waals surface area contributed by atoms with Crippen molar-refractivity contribution in [3.63, 3.8) is 0 Å². The van der Waals surface area contributed by atoms with Crippen LogP contribution >= 0.6 is 27.3 Å². The van der Waals surface area contributed by atoms with Crippen molar-refractivity contribution in [3.8, 4) is 0 Å². The Labute approximate surface area is 140 Å². The van der Waals surface area contributed by atoms with E-state index < -0.39 is 5.97 Å². The zero-order valence-corrected chi connectivity index (χ0v) is 14.2. The van der Waals surface area contributed by atoms with Crippen LogP contribution in [0.2, 0.25) is 0 Å². The van der Waals surface area contributed by atoms with Crippen molar-refractivity contribution in [2.24, 2.45) is 0 Å². The topological polar surface area (TPSA) is 62.4 Å². The molecule has 3 heterocycles. The van der Waals surface area contributed by atoms with Gasteiger partial charge in [0.1, 0.15) is 5.69 Å². The monoisotopic (exact) mass is 382 g/mol. The largest absolute Gasteiger partial charge is 0.451 e. The number of ether oxygens (including phenoxy) is 1. The van der Waals surface area contributed by atoms with Crippen molar-refractivity contribution in [2.75, 3.05) is 13.2 Å². The Morgan fingerprint density at radius 1 is 1.50 bits per heavy atom. The highest BCUT2D eigenvalue weighted by molar-refractivity contribution is 9.10. The number of aromatic amines is 1. The lowest BCUT2D eigenvalue weighted by atomic mass is 10.2. The number of carbonyl (C=O) groups excluding carboxylic acids is 2. The Morgan fingerprint density at radius 2 is 2.36 bits per heavy atom. The Balaban J connectivity index is 1.58. The van der Waals surface area contributed by atoms with Crippen LogP contribution in [0.5, 0.6) is 0 Å². The summed E-state index contributed by atoms with van der Waals surface area (Å²) >= 11 is 4.90. The fourth-order valence-electron chi connectivity index (χ4n) is 2.62.